The van der Waals surface area contributed by atoms with Crippen molar-refractivity contribution >= 4 is 29.4 Å². The fraction of sp³-hybridized carbons (Fsp3) is 0.429. The first-order valence-electron chi connectivity index (χ1n) is 6.67. The largest absolute Gasteiger partial charge is 0.478 e. The number of carbonyl (C=O) groups is 2. The van der Waals surface area contributed by atoms with Crippen molar-refractivity contribution in [3.05, 3.63) is 29.3 Å². The molecule has 6 heteroatoms. The molecule has 5 nitrogen and oxygen atoms in total. The SMILES string of the molecule is O=C(O)c1ccc2c(c1)CCN2C(=O)N1CCSCC1. The number of nitrogens with zero attached hydrogens (tertiary/aromatic N) is 2. The molecule has 0 radical (unpaired) electrons. The Kier molecular flexibility index (Phi) is 3.56. The van der Waals surface area contributed by atoms with E-state index in [9.17, 15) is 9.59 Å². The van der Waals surface area contributed by atoms with E-state index < -0.39 is 5.97 Å². The lowest BCUT2D eigenvalue weighted by molar-refractivity contribution is 0.0697. The Morgan fingerprint density at radius 3 is 2.60 bits per heavy atom. The zero-order chi connectivity index (χ0) is 14.1. The quantitative estimate of drug-likeness (QED) is 0.859. The molecule has 106 valence electrons. The third-order valence-electron chi connectivity index (χ3n) is 3.73. The molecule has 0 saturated carbocycles. The monoisotopic (exact) mass is 292 g/mol. The normalized spacial score (nSPS) is 18.0. The second kappa shape index (κ2) is 5.36. The van der Waals surface area contributed by atoms with Gasteiger partial charge in [-0.3, -0.25) is 4.90 Å². The van der Waals surface area contributed by atoms with Gasteiger partial charge in [0.2, 0.25) is 0 Å². The highest BCUT2D eigenvalue weighted by Crippen LogP contribution is 2.30. The second-order valence-electron chi connectivity index (χ2n) is 4.93. The molecule has 3 rings (SSSR count). The molecule has 1 aromatic carbocycles. The average Bonchev–Trinajstić information content (AvgIpc) is 2.90. The molecule has 2 aliphatic heterocycles. The molecular formula is C14H16N2O3S. The van der Waals surface area contributed by atoms with Crippen molar-refractivity contribution in [2.75, 3.05) is 36.0 Å². The maximum atomic E-state index is 12.5. The van der Waals surface area contributed by atoms with E-state index in [1.165, 1.54) is 0 Å². The predicted octanol–water partition coefficient (Wildman–Crippen LogP) is 1.92. The van der Waals surface area contributed by atoms with Gasteiger partial charge in [0, 0.05) is 36.8 Å². The number of rotatable bonds is 1. The van der Waals surface area contributed by atoms with Crippen LogP contribution in [0.15, 0.2) is 18.2 Å². The highest BCUT2D eigenvalue weighted by atomic mass is 32.2. The molecule has 1 aromatic rings. The summed E-state index contributed by atoms with van der Waals surface area (Å²) in [4.78, 5) is 27.1. The van der Waals surface area contributed by atoms with Gasteiger partial charge >= 0.3 is 12.0 Å². The van der Waals surface area contributed by atoms with Gasteiger partial charge < -0.3 is 10.0 Å². The summed E-state index contributed by atoms with van der Waals surface area (Å²) in [7, 11) is 0. The topological polar surface area (TPSA) is 60.9 Å². The van der Waals surface area contributed by atoms with E-state index in [0.29, 0.717) is 6.54 Å². The van der Waals surface area contributed by atoms with Crippen LogP contribution in [0.2, 0.25) is 0 Å². The maximum absolute atomic E-state index is 12.5. The molecule has 1 N–H and O–H groups in total. The number of carboxylic acids is 1. The van der Waals surface area contributed by atoms with Gasteiger partial charge in [0.1, 0.15) is 0 Å². The highest BCUT2D eigenvalue weighted by Gasteiger charge is 2.29. The lowest BCUT2D eigenvalue weighted by atomic mass is 10.1. The second-order valence-corrected chi connectivity index (χ2v) is 6.16. The lowest BCUT2D eigenvalue weighted by Crippen LogP contribution is -2.46. The summed E-state index contributed by atoms with van der Waals surface area (Å²) in [5, 5.41) is 9.00. The van der Waals surface area contributed by atoms with Crippen LogP contribution in [0.5, 0.6) is 0 Å². The summed E-state index contributed by atoms with van der Waals surface area (Å²) >= 11 is 1.87. The van der Waals surface area contributed by atoms with Gasteiger partial charge in [-0.2, -0.15) is 11.8 Å². The number of hydrogen-bond acceptors (Lipinski definition) is 3. The van der Waals surface area contributed by atoms with Gasteiger partial charge in [0.05, 0.1) is 5.56 Å². The summed E-state index contributed by atoms with van der Waals surface area (Å²) in [6, 6.07) is 5.05. The molecule has 1 fully saturated rings. The third-order valence-corrected chi connectivity index (χ3v) is 4.68. The summed E-state index contributed by atoms with van der Waals surface area (Å²) in [6.45, 7) is 2.23. The van der Waals surface area contributed by atoms with Crippen molar-refractivity contribution in [3.8, 4) is 0 Å². The predicted molar refractivity (Wildman–Crippen MR) is 78.7 cm³/mol. The number of thioether (sulfide) groups is 1. The highest BCUT2D eigenvalue weighted by molar-refractivity contribution is 7.99. The zero-order valence-corrected chi connectivity index (χ0v) is 11.9. The molecule has 0 aliphatic carbocycles. The Morgan fingerprint density at radius 2 is 1.90 bits per heavy atom. The Hall–Kier alpha value is -1.69. The van der Waals surface area contributed by atoms with Crippen molar-refractivity contribution in [3.63, 3.8) is 0 Å². The van der Waals surface area contributed by atoms with Crippen molar-refractivity contribution in [1.29, 1.82) is 0 Å². The van der Waals surface area contributed by atoms with Crippen molar-refractivity contribution in [2.45, 2.75) is 6.42 Å². The van der Waals surface area contributed by atoms with Crippen LogP contribution in [0.25, 0.3) is 0 Å². The van der Waals surface area contributed by atoms with E-state index in [-0.39, 0.29) is 11.6 Å². The van der Waals surface area contributed by atoms with E-state index in [1.807, 2.05) is 16.7 Å². The van der Waals surface area contributed by atoms with Crippen molar-refractivity contribution in [1.82, 2.24) is 4.90 Å². The first-order chi connectivity index (χ1) is 9.66. The third kappa shape index (κ3) is 2.35. The average molecular weight is 292 g/mol. The zero-order valence-electron chi connectivity index (χ0n) is 11.0. The number of fused-ring (bicyclic) bond motifs is 1. The van der Waals surface area contributed by atoms with E-state index in [2.05, 4.69) is 0 Å². The first-order valence-corrected chi connectivity index (χ1v) is 7.82. The smallest absolute Gasteiger partial charge is 0.335 e. The summed E-state index contributed by atoms with van der Waals surface area (Å²) in [5.74, 6) is 1.06. The number of hydrogen-bond donors (Lipinski definition) is 1. The van der Waals surface area contributed by atoms with Crippen LogP contribution >= 0.6 is 11.8 Å². The molecule has 0 unspecified atom stereocenters. The molecule has 0 bridgehead atoms. The number of carboxylic acid groups (broad SMARTS) is 1. The Bertz CT molecular complexity index is 555. The Labute approximate surface area is 121 Å². The van der Waals surface area contributed by atoms with Crippen molar-refractivity contribution in [2.24, 2.45) is 0 Å². The molecule has 0 spiro atoms. The number of amides is 2. The molecule has 2 amide bonds. The number of aromatic carboxylic acids is 1. The van der Waals surface area contributed by atoms with Gasteiger partial charge in [-0.05, 0) is 30.2 Å². The standard InChI is InChI=1S/C14H16N2O3S/c17-13(18)11-1-2-12-10(9-11)3-4-16(12)14(19)15-5-7-20-8-6-15/h1-2,9H,3-8H2,(H,17,18). The van der Waals surface area contributed by atoms with Gasteiger partial charge in [-0.1, -0.05) is 0 Å². The molecular weight excluding hydrogens is 276 g/mol. The van der Waals surface area contributed by atoms with Gasteiger partial charge in [-0.25, -0.2) is 9.59 Å². The molecule has 2 aliphatic rings. The summed E-state index contributed by atoms with van der Waals surface area (Å²) in [6.07, 6.45) is 0.727. The Morgan fingerprint density at radius 1 is 1.15 bits per heavy atom. The van der Waals surface area contributed by atoms with Crippen LogP contribution in [0, 0.1) is 0 Å². The van der Waals surface area contributed by atoms with Crippen LogP contribution in [-0.2, 0) is 6.42 Å². The Balaban J connectivity index is 1.81. The summed E-state index contributed by atoms with van der Waals surface area (Å²) in [5.41, 5.74) is 2.09. The van der Waals surface area contributed by atoms with Gasteiger partial charge in [0.25, 0.3) is 0 Å². The maximum Gasteiger partial charge on any atom is 0.335 e. The molecule has 2 heterocycles. The number of anilines is 1. The fourth-order valence-electron chi connectivity index (χ4n) is 2.66. The van der Waals surface area contributed by atoms with E-state index in [1.54, 1.807) is 23.1 Å². The number of benzene rings is 1. The number of carbonyl (C=O) groups excluding carboxylic acids is 1. The van der Waals surface area contributed by atoms with E-state index >= 15 is 0 Å². The van der Waals surface area contributed by atoms with Crippen molar-refractivity contribution < 1.29 is 14.7 Å². The minimum Gasteiger partial charge on any atom is -0.478 e. The minimum absolute atomic E-state index is 0.0483. The van der Waals surface area contributed by atoms with Crippen LogP contribution in [-0.4, -0.2) is 53.1 Å². The van der Waals surface area contributed by atoms with E-state index in [0.717, 1.165) is 42.3 Å². The first kappa shape index (κ1) is 13.3. The van der Waals surface area contributed by atoms with Crippen LogP contribution in [0.1, 0.15) is 15.9 Å². The summed E-state index contributed by atoms with van der Waals surface area (Å²) < 4.78 is 0. The van der Waals surface area contributed by atoms with Gasteiger partial charge in [-0.15, -0.1) is 0 Å². The molecule has 0 aromatic heterocycles. The minimum atomic E-state index is -0.925. The molecule has 1 saturated heterocycles. The molecule has 20 heavy (non-hydrogen) atoms. The number of urea groups is 1. The lowest BCUT2D eigenvalue weighted by Gasteiger charge is -2.31. The fourth-order valence-corrected chi connectivity index (χ4v) is 3.56. The van der Waals surface area contributed by atoms with Crippen LogP contribution in [0.3, 0.4) is 0 Å². The van der Waals surface area contributed by atoms with Gasteiger partial charge in [0.15, 0.2) is 0 Å². The van der Waals surface area contributed by atoms with Crippen LogP contribution < -0.4 is 4.90 Å². The van der Waals surface area contributed by atoms with Crippen LogP contribution in [0.4, 0.5) is 10.5 Å². The molecule has 0 atom stereocenters. The van der Waals surface area contributed by atoms with E-state index in [4.69, 9.17) is 5.11 Å².